The maximum atomic E-state index is 14.8. The Labute approximate surface area is 244 Å². The van der Waals surface area contributed by atoms with Crippen LogP contribution in [0.5, 0.6) is 0 Å². The van der Waals surface area contributed by atoms with Crippen molar-refractivity contribution in [3.63, 3.8) is 0 Å². The van der Waals surface area contributed by atoms with Crippen molar-refractivity contribution in [2.45, 2.75) is 56.3 Å². The normalized spacial score (nSPS) is 16.0. The molecule has 0 bridgehead atoms. The van der Waals surface area contributed by atoms with Crippen LogP contribution in [0.1, 0.15) is 71.4 Å². The standard InChI is InChI=1S/C31H29FN4O3S2/c32-25-16-22(12-13-28(25)41(33)39)15-24-27(17-21-10-11-21)36(31-34-26(18-40-31)30(37)38)35-29(24)23-7-3-6-20(14-23)9-8-19-4-1-2-5-19/h3,6-7,12-14,16,18-19,21H,1-2,4-5,10-11,15,17H2,(H2,33,39)(H,37,38)/p+1. The second-order valence-electron chi connectivity index (χ2n) is 10.8. The molecule has 7 nitrogen and oxygen atoms in total. The molecule has 0 aliphatic heterocycles. The van der Waals surface area contributed by atoms with Gasteiger partial charge in [0.25, 0.3) is 0 Å². The third-order valence-electron chi connectivity index (χ3n) is 7.70. The number of thiol groups is 1. The third kappa shape index (κ3) is 6.17. The van der Waals surface area contributed by atoms with Crippen molar-refractivity contribution in [1.82, 2.24) is 14.8 Å². The van der Waals surface area contributed by atoms with Crippen molar-refractivity contribution in [3.8, 4) is 28.2 Å². The Hall–Kier alpha value is -3.65. The lowest BCUT2D eigenvalue weighted by Crippen LogP contribution is -2.07. The Bertz CT molecular complexity index is 1710. The average Bonchev–Trinajstić information content (AvgIpc) is 3.31. The molecule has 1 unspecified atom stereocenters. The summed E-state index contributed by atoms with van der Waals surface area (Å²) < 4.78 is 28.3. The molecule has 2 fully saturated rings. The van der Waals surface area contributed by atoms with Crippen LogP contribution in [0.3, 0.4) is 0 Å². The monoisotopic (exact) mass is 589 g/mol. The largest absolute Gasteiger partial charge is 0.476 e. The first-order valence-corrected chi connectivity index (χ1v) is 16.0. The summed E-state index contributed by atoms with van der Waals surface area (Å²) >= 11 is 1.23. The molecule has 2 heterocycles. The smallest absolute Gasteiger partial charge is 0.355 e. The van der Waals surface area contributed by atoms with Gasteiger partial charge in [0.1, 0.15) is 0 Å². The number of thiazole rings is 1. The first-order valence-electron chi connectivity index (χ1n) is 13.8. The fourth-order valence-electron chi connectivity index (χ4n) is 5.37. The van der Waals surface area contributed by atoms with Crippen molar-refractivity contribution in [2.75, 3.05) is 0 Å². The maximum absolute atomic E-state index is 14.8. The summed E-state index contributed by atoms with van der Waals surface area (Å²) in [6, 6.07) is 12.6. The van der Waals surface area contributed by atoms with E-state index in [1.54, 1.807) is 10.7 Å². The summed E-state index contributed by atoms with van der Waals surface area (Å²) in [6.07, 6.45) is 8.10. The van der Waals surface area contributed by atoms with E-state index in [4.69, 9.17) is 10.2 Å². The van der Waals surface area contributed by atoms with Crippen LogP contribution in [-0.2, 0) is 28.0 Å². The second-order valence-corrected chi connectivity index (χ2v) is 12.7. The number of carbonyl (C=O) groups is 1. The van der Waals surface area contributed by atoms with Crippen molar-refractivity contribution in [1.29, 1.82) is 0 Å². The highest BCUT2D eigenvalue weighted by atomic mass is 32.2. The number of hydrogen-bond acceptors (Lipinski definition) is 5. The lowest BCUT2D eigenvalue weighted by Gasteiger charge is -2.09. The van der Waals surface area contributed by atoms with Gasteiger partial charge < -0.3 is 5.11 Å². The zero-order chi connectivity index (χ0) is 28.5. The topological polar surface area (TPSA) is 111 Å². The molecule has 0 saturated heterocycles. The van der Waals surface area contributed by atoms with E-state index in [9.17, 15) is 18.5 Å². The number of halogens is 1. The molecule has 0 radical (unpaired) electrons. The molecular weight excluding hydrogens is 559 g/mol. The fraction of sp³-hybridized carbons (Fsp3) is 0.323. The molecule has 10 heteroatoms. The molecule has 2 aliphatic rings. The van der Waals surface area contributed by atoms with Gasteiger partial charge >= 0.3 is 5.97 Å². The van der Waals surface area contributed by atoms with E-state index in [1.165, 1.54) is 41.7 Å². The molecule has 0 amide bonds. The van der Waals surface area contributed by atoms with Gasteiger partial charge in [0.15, 0.2) is 22.5 Å². The molecule has 1 atom stereocenters. The van der Waals surface area contributed by atoms with E-state index in [0.717, 1.165) is 60.2 Å². The maximum Gasteiger partial charge on any atom is 0.355 e. The highest BCUT2D eigenvalue weighted by Gasteiger charge is 2.29. The van der Waals surface area contributed by atoms with Crippen LogP contribution in [0.2, 0.25) is 0 Å². The molecule has 2 saturated carbocycles. The van der Waals surface area contributed by atoms with Gasteiger partial charge in [0, 0.05) is 34.4 Å². The van der Waals surface area contributed by atoms with Gasteiger partial charge in [-0.2, -0.15) is 5.10 Å². The Morgan fingerprint density at radius 1 is 1.17 bits per heavy atom. The molecule has 41 heavy (non-hydrogen) atoms. The molecule has 3 N–H and O–H groups in total. The van der Waals surface area contributed by atoms with E-state index >= 15 is 0 Å². The van der Waals surface area contributed by atoms with Gasteiger partial charge in [-0.25, -0.2) is 18.9 Å². The predicted molar refractivity (Wildman–Crippen MR) is 158 cm³/mol. The summed E-state index contributed by atoms with van der Waals surface area (Å²) in [7, 11) is -2.29. The summed E-state index contributed by atoms with van der Waals surface area (Å²) in [5.74, 6) is 6.03. The number of nitrogens with zero attached hydrogens (tertiary/aromatic N) is 3. The molecule has 2 aromatic carbocycles. The second kappa shape index (κ2) is 11.7. The zero-order valence-corrected chi connectivity index (χ0v) is 24.1. The SMILES string of the molecule is N[SH+](=O)c1ccc(Cc2c(-c3cccc(C#CC4CCCC4)c3)nn(-c3nc(C(=O)O)cs3)c2CC2CC2)cc1F. The van der Waals surface area contributed by atoms with E-state index in [-0.39, 0.29) is 10.6 Å². The van der Waals surface area contributed by atoms with Crippen LogP contribution in [-0.4, -0.2) is 25.8 Å². The first-order chi connectivity index (χ1) is 19.9. The van der Waals surface area contributed by atoms with Crippen molar-refractivity contribution in [2.24, 2.45) is 17.0 Å². The minimum Gasteiger partial charge on any atom is -0.476 e. The Kier molecular flexibility index (Phi) is 7.84. The number of aromatic carboxylic acids is 1. The van der Waals surface area contributed by atoms with Crippen LogP contribution < -0.4 is 5.14 Å². The fourth-order valence-corrected chi connectivity index (χ4v) is 6.64. The molecule has 2 aromatic heterocycles. The van der Waals surface area contributed by atoms with E-state index in [2.05, 4.69) is 16.8 Å². The summed E-state index contributed by atoms with van der Waals surface area (Å²) in [5.41, 5.74) is 5.04. The number of carboxylic acid groups (broad SMARTS) is 1. The Morgan fingerprint density at radius 3 is 2.66 bits per heavy atom. The van der Waals surface area contributed by atoms with Crippen molar-refractivity contribution >= 4 is 28.3 Å². The summed E-state index contributed by atoms with van der Waals surface area (Å²) in [5, 5.41) is 22.0. The number of rotatable bonds is 8. The van der Waals surface area contributed by atoms with Gasteiger partial charge in [0.05, 0.1) is 11.4 Å². The average molecular weight is 590 g/mol. The molecule has 6 rings (SSSR count). The minimum absolute atomic E-state index is 0.00426. The number of nitrogens with two attached hydrogens (primary N) is 1. The van der Waals surface area contributed by atoms with E-state index in [0.29, 0.717) is 29.0 Å². The van der Waals surface area contributed by atoms with Gasteiger partial charge in [0.2, 0.25) is 10.0 Å². The van der Waals surface area contributed by atoms with Gasteiger partial charge in [-0.15, -0.1) is 16.5 Å². The quantitative estimate of drug-likeness (QED) is 0.152. The summed E-state index contributed by atoms with van der Waals surface area (Å²) in [4.78, 5) is 15.9. The lowest BCUT2D eigenvalue weighted by molar-refractivity contribution is 0.0691. The predicted octanol–water partition coefficient (Wildman–Crippen LogP) is 5.85. The van der Waals surface area contributed by atoms with Crippen LogP contribution in [0.15, 0.2) is 52.7 Å². The Balaban J connectivity index is 1.47. The van der Waals surface area contributed by atoms with Crippen LogP contribution in [0.25, 0.3) is 16.4 Å². The van der Waals surface area contributed by atoms with Crippen molar-refractivity contribution in [3.05, 3.63) is 81.7 Å². The summed E-state index contributed by atoms with van der Waals surface area (Å²) in [6.45, 7) is 0. The highest BCUT2D eigenvalue weighted by molar-refractivity contribution is 7.82. The first kappa shape index (κ1) is 27.5. The van der Waals surface area contributed by atoms with Crippen molar-refractivity contribution < 1.29 is 18.5 Å². The molecule has 2 aliphatic carbocycles. The van der Waals surface area contributed by atoms with Crippen LogP contribution in [0.4, 0.5) is 4.39 Å². The molecular formula is C31H30FN4O3S2+. The number of aromatic nitrogens is 3. The number of carboxylic acids is 1. The minimum atomic E-state index is -2.29. The lowest BCUT2D eigenvalue weighted by atomic mass is 9.96. The number of hydrogen-bond donors (Lipinski definition) is 2. The van der Waals surface area contributed by atoms with E-state index < -0.39 is 22.8 Å². The zero-order valence-electron chi connectivity index (χ0n) is 22.3. The van der Waals surface area contributed by atoms with Crippen LogP contribution >= 0.6 is 11.3 Å². The number of benzene rings is 2. The van der Waals surface area contributed by atoms with E-state index in [1.807, 2.05) is 24.3 Å². The highest BCUT2D eigenvalue weighted by Crippen LogP contribution is 2.38. The third-order valence-corrected chi connectivity index (χ3v) is 9.36. The van der Waals surface area contributed by atoms with Gasteiger partial charge in [-0.05, 0) is 67.9 Å². The Morgan fingerprint density at radius 2 is 1.98 bits per heavy atom. The molecule has 210 valence electrons. The van der Waals surface area contributed by atoms with Gasteiger partial charge in [-0.1, -0.05) is 47.1 Å². The van der Waals surface area contributed by atoms with Gasteiger partial charge in [-0.3, -0.25) is 0 Å². The molecule has 0 spiro atoms. The van der Waals surface area contributed by atoms with Crippen LogP contribution in [0, 0.1) is 29.5 Å². The molecule has 4 aromatic rings.